The molecular weight excluding hydrogens is 152 g/mol. The van der Waals surface area contributed by atoms with E-state index in [9.17, 15) is 13.2 Å². The number of hydrogen-bond donors (Lipinski definition) is 0. The van der Waals surface area contributed by atoms with Crippen molar-refractivity contribution in [3.63, 3.8) is 0 Å². The summed E-state index contributed by atoms with van der Waals surface area (Å²) in [4.78, 5) is 0. The number of alkyl halides is 3. The van der Waals surface area contributed by atoms with Gasteiger partial charge in [0.05, 0.1) is 0 Å². The van der Waals surface area contributed by atoms with Crippen molar-refractivity contribution in [1.29, 1.82) is 0 Å². The molecule has 0 radical (unpaired) electrons. The third-order valence-electron chi connectivity index (χ3n) is 1.45. The number of hydrogen-bond acceptors (Lipinski definition) is 0. The van der Waals surface area contributed by atoms with Crippen LogP contribution in [0.3, 0.4) is 0 Å². The predicted octanol–water partition coefficient (Wildman–Crippen LogP) is 2.35. The average Bonchev–Trinajstić information content (AvgIpc) is 1.86. The monoisotopic (exact) mass is 158 g/mol. The Morgan fingerprint density at radius 1 is 1.36 bits per heavy atom. The Balaban J connectivity index is 3.14. The van der Waals surface area contributed by atoms with E-state index in [2.05, 4.69) is 0 Å². The van der Waals surface area contributed by atoms with Crippen LogP contribution in [0.1, 0.15) is 11.0 Å². The van der Waals surface area contributed by atoms with E-state index < -0.39 is 11.7 Å². The molecule has 0 aromatic carbocycles. The van der Waals surface area contributed by atoms with Gasteiger partial charge in [0.15, 0.2) is 0 Å². The number of aryl methyl sites for hydroxylation is 1. The molecule has 1 aromatic rings. The summed E-state index contributed by atoms with van der Waals surface area (Å²) in [6.07, 6.45) is -4.22. The summed E-state index contributed by atoms with van der Waals surface area (Å²) in [5, 5.41) is 0. The van der Waals surface area contributed by atoms with Crippen molar-refractivity contribution >= 4 is 6.91 Å². The van der Waals surface area contributed by atoms with Crippen LogP contribution in [-0.2, 0) is 6.18 Å². The van der Waals surface area contributed by atoms with Crippen molar-refractivity contribution in [2.45, 2.75) is 13.1 Å². The molecular formula is C7H6BF3. The van der Waals surface area contributed by atoms with Crippen LogP contribution in [0.25, 0.3) is 0 Å². The van der Waals surface area contributed by atoms with E-state index in [1.807, 2.05) is 0 Å². The van der Waals surface area contributed by atoms with Crippen LogP contribution in [0, 0.1) is 6.92 Å². The molecule has 1 aromatic heterocycles. The van der Waals surface area contributed by atoms with Crippen LogP contribution >= 0.6 is 0 Å². The molecule has 0 aliphatic carbocycles. The van der Waals surface area contributed by atoms with Gasteiger partial charge in [0, 0.05) is 0 Å². The maximum atomic E-state index is 12.0. The Kier molecular flexibility index (Phi) is 2.02. The van der Waals surface area contributed by atoms with E-state index in [0.29, 0.717) is 0 Å². The zero-order valence-electron chi connectivity index (χ0n) is 5.94. The molecule has 0 aliphatic heterocycles. The van der Waals surface area contributed by atoms with Crippen LogP contribution in [0.2, 0.25) is 0 Å². The van der Waals surface area contributed by atoms with Crippen LogP contribution in [0.5, 0.6) is 0 Å². The van der Waals surface area contributed by atoms with Crippen LogP contribution in [0.15, 0.2) is 18.1 Å². The van der Waals surface area contributed by atoms with Crippen molar-refractivity contribution in [2.24, 2.45) is 0 Å². The molecule has 0 unspecified atom stereocenters. The second kappa shape index (κ2) is 2.68. The van der Waals surface area contributed by atoms with Crippen LogP contribution in [0.4, 0.5) is 13.2 Å². The van der Waals surface area contributed by atoms with Gasteiger partial charge in [0.2, 0.25) is 0 Å². The number of halogens is 3. The van der Waals surface area contributed by atoms with Gasteiger partial charge in [0.25, 0.3) is 0 Å². The molecule has 0 bridgehead atoms. The van der Waals surface area contributed by atoms with Crippen molar-refractivity contribution in [2.75, 3.05) is 0 Å². The van der Waals surface area contributed by atoms with Gasteiger partial charge in [-0.1, -0.05) is 0 Å². The quantitative estimate of drug-likeness (QED) is 0.543. The molecule has 0 aliphatic rings. The topological polar surface area (TPSA) is 0 Å². The van der Waals surface area contributed by atoms with Gasteiger partial charge in [-0.15, -0.1) is 0 Å². The summed E-state index contributed by atoms with van der Waals surface area (Å²) in [6, 6.07) is 2.46. The Morgan fingerprint density at radius 3 is 2.36 bits per heavy atom. The van der Waals surface area contributed by atoms with Crippen molar-refractivity contribution < 1.29 is 13.2 Å². The molecule has 4 heteroatoms. The predicted molar refractivity (Wildman–Crippen MR) is 37.5 cm³/mol. The van der Waals surface area contributed by atoms with Gasteiger partial charge in [-0.05, 0) is 0 Å². The first-order valence-electron chi connectivity index (χ1n) is 3.14. The summed E-state index contributed by atoms with van der Waals surface area (Å²) >= 11 is 0. The summed E-state index contributed by atoms with van der Waals surface area (Å²) in [7, 11) is 0. The summed E-state index contributed by atoms with van der Waals surface area (Å²) < 4.78 is 36.1. The third kappa shape index (κ3) is 1.82. The zero-order valence-corrected chi connectivity index (χ0v) is 5.94. The first kappa shape index (κ1) is 8.30. The summed E-state index contributed by atoms with van der Waals surface area (Å²) in [6.45, 7) is 2.89. The molecule has 0 amide bonds. The van der Waals surface area contributed by atoms with E-state index in [1.165, 1.54) is 19.9 Å². The summed E-state index contributed by atoms with van der Waals surface area (Å²) in [5.74, 6) is 1.59. The molecule has 0 saturated heterocycles. The van der Waals surface area contributed by atoms with Crippen molar-refractivity contribution in [3.8, 4) is 0 Å². The zero-order chi connectivity index (χ0) is 8.48. The van der Waals surface area contributed by atoms with Crippen LogP contribution < -0.4 is 0 Å². The van der Waals surface area contributed by atoms with E-state index >= 15 is 0 Å². The Bertz CT molecular complexity index is 254. The first-order chi connectivity index (χ1) is 5.02. The molecule has 0 fully saturated rings. The Hall–Kier alpha value is -0.795. The molecule has 1 rings (SSSR count). The second-order valence-electron chi connectivity index (χ2n) is 2.31. The fourth-order valence-electron chi connectivity index (χ4n) is 0.891. The van der Waals surface area contributed by atoms with Gasteiger partial charge < -0.3 is 0 Å². The van der Waals surface area contributed by atoms with E-state index in [4.69, 9.17) is 0 Å². The molecule has 0 N–H and O–H groups in total. The standard InChI is InChI=1S/C7H6BF3/c1-5-6(7(9,10)11)3-2-4-8-5/h2-4H,1H3. The third-order valence-corrected chi connectivity index (χ3v) is 1.45. The van der Waals surface area contributed by atoms with Crippen molar-refractivity contribution in [1.82, 2.24) is 0 Å². The first-order valence-corrected chi connectivity index (χ1v) is 3.14. The SMILES string of the molecule is Cc1bcccc1C(F)(F)F. The molecule has 1 heterocycles. The van der Waals surface area contributed by atoms with E-state index in [0.717, 1.165) is 6.07 Å². The van der Waals surface area contributed by atoms with Gasteiger partial charge in [-0.25, -0.2) is 0 Å². The fourth-order valence-corrected chi connectivity index (χ4v) is 0.891. The molecule has 0 nitrogen and oxygen atoms in total. The Labute approximate surface area is 63.3 Å². The minimum absolute atomic E-state index is 0.264. The minimum atomic E-state index is -4.22. The molecule has 0 spiro atoms. The molecule has 0 saturated carbocycles. The van der Waals surface area contributed by atoms with Gasteiger partial charge >= 0.3 is 62.3 Å². The van der Waals surface area contributed by atoms with Gasteiger partial charge in [-0.3, -0.25) is 0 Å². The summed E-state index contributed by atoms with van der Waals surface area (Å²) in [5.41, 5.74) is -0.292. The molecule has 0 atom stereocenters. The average molecular weight is 158 g/mol. The normalized spacial score (nSPS) is 11.3. The second-order valence-corrected chi connectivity index (χ2v) is 2.31. The fraction of sp³-hybridized carbons (Fsp3) is 0.286. The molecule has 58 valence electrons. The van der Waals surface area contributed by atoms with E-state index in [-0.39, 0.29) is 5.46 Å². The Morgan fingerprint density at radius 2 is 2.00 bits per heavy atom. The van der Waals surface area contributed by atoms with Gasteiger partial charge in [0.1, 0.15) is 0 Å². The van der Waals surface area contributed by atoms with Gasteiger partial charge in [-0.2, -0.15) is 0 Å². The van der Waals surface area contributed by atoms with E-state index in [1.54, 1.807) is 5.96 Å². The maximum absolute atomic E-state index is 12.0. The number of rotatable bonds is 0. The van der Waals surface area contributed by atoms with Crippen molar-refractivity contribution in [3.05, 3.63) is 29.1 Å². The molecule has 11 heavy (non-hydrogen) atoms. The van der Waals surface area contributed by atoms with Crippen LogP contribution in [-0.4, -0.2) is 6.91 Å².